The first-order valence-electron chi connectivity index (χ1n) is 8.98. The summed E-state index contributed by atoms with van der Waals surface area (Å²) < 4.78 is 30.4. The molecule has 0 saturated heterocycles. The second kappa shape index (κ2) is 8.84. The van der Waals surface area contributed by atoms with Crippen molar-refractivity contribution < 1.29 is 17.9 Å². The number of sulfonamides is 1. The molecule has 0 bridgehead atoms. The van der Waals surface area contributed by atoms with Gasteiger partial charge in [0.1, 0.15) is 5.75 Å². The van der Waals surface area contributed by atoms with Gasteiger partial charge in [0.05, 0.1) is 34.0 Å². The van der Waals surface area contributed by atoms with Gasteiger partial charge in [-0.25, -0.2) is 18.5 Å². The number of benzene rings is 2. The molecule has 3 aromatic rings. The molecular weight excluding hydrogens is 448 g/mol. The lowest BCUT2D eigenvalue weighted by Gasteiger charge is -2.14. The lowest BCUT2D eigenvalue weighted by Crippen LogP contribution is -2.23. The Labute approximate surface area is 183 Å². The topological polar surface area (TPSA) is 116 Å². The summed E-state index contributed by atoms with van der Waals surface area (Å²) in [6.45, 7) is 4.30. The third-order valence-electron chi connectivity index (χ3n) is 4.40. The molecule has 0 radical (unpaired) electrons. The van der Waals surface area contributed by atoms with Gasteiger partial charge < -0.3 is 14.6 Å². The Morgan fingerprint density at radius 3 is 2.70 bits per heavy atom. The molecule has 3 N–H and O–H groups in total. The molecule has 0 saturated carbocycles. The standard InChI is InChI=1S/C19H21ClN4O4S2/c1-4-24-16-7-6-13(30(21,26)27)10-14(16)23-19(24)29-11(2)18(25)22-15-9-12(20)5-8-17(15)28-3/h5-11H,4H2,1-3H3,(H,22,25)(H2,21,26,27). The fourth-order valence-corrected chi connectivity index (χ4v) is 4.58. The Hall–Kier alpha value is -2.27. The van der Waals surface area contributed by atoms with E-state index in [-0.39, 0.29) is 10.8 Å². The Kier molecular flexibility index (Phi) is 6.61. The van der Waals surface area contributed by atoms with Crippen molar-refractivity contribution >= 4 is 56.0 Å². The fraction of sp³-hybridized carbons (Fsp3) is 0.263. The van der Waals surface area contributed by atoms with E-state index in [2.05, 4.69) is 10.3 Å². The van der Waals surface area contributed by atoms with Crippen LogP contribution in [0.1, 0.15) is 13.8 Å². The zero-order valence-corrected chi connectivity index (χ0v) is 18.9. The van der Waals surface area contributed by atoms with E-state index < -0.39 is 15.3 Å². The van der Waals surface area contributed by atoms with Crippen molar-refractivity contribution in [2.24, 2.45) is 5.14 Å². The highest BCUT2D eigenvalue weighted by Crippen LogP contribution is 2.31. The number of amides is 1. The zero-order valence-electron chi connectivity index (χ0n) is 16.5. The molecule has 8 nitrogen and oxygen atoms in total. The zero-order chi connectivity index (χ0) is 22.1. The normalized spacial score (nSPS) is 12.7. The monoisotopic (exact) mass is 468 g/mol. The summed E-state index contributed by atoms with van der Waals surface area (Å²) >= 11 is 7.28. The SMILES string of the molecule is CCn1c(SC(C)C(=O)Nc2cc(Cl)ccc2OC)nc2cc(S(N)(=O)=O)ccc21. The number of hydrogen-bond acceptors (Lipinski definition) is 6. The number of aromatic nitrogens is 2. The highest BCUT2D eigenvalue weighted by molar-refractivity contribution is 8.00. The molecule has 1 atom stereocenters. The van der Waals surface area contributed by atoms with Crippen molar-refractivity contribution in [3.63, 3.8) is 0 Å². The molecule has 1 amide bonds. The number of nitrogens with one attached hydrogen (secondary N) is 1. The third-order valence-corrected chi connectivity index (χ3v) is 6.64. The predicted molar refractivity (Wildman–Crippen MR) is 119 cm³/mol. The average molecular weight is 469 g/mol. The van der Waals surface area contributed by atoms with Crippen molar-refractivity contribution in [2.45, 2.75) is 35.7 Å². The number of nitrogens with zero attached hydrogens (tertiary/aromatic N) is 2. The maximum atomic E-state index is 12.7. The molecule has 30 heavy (non-hydrogen) atoms. The van der Waals surface area contributed by atoms with Crippen LogP contribution in [0.2, 0.25) is 5.02 Å². The highest BCUT2D eigenvalue weighted by Gasteiger charge is 2.21. The van der Waals surface area contributed by atoms with E-state index in [1.807, 2.05) is 11.5 Å². The molecule has 0 spiro atoms. The molecule has 2 aromatic carbocycles. The van der Waals surface area contributed by atoms with Crippen LogP contribution in [0.15, 0.2) is 46.5 Å². The maximum Gasteiger partial charge on any atom is 0.238 e. The van der Waals surface area contributed by atoms with Crippen molar-refractivity contribution in [2.75, 3.05) is 12.4 Å². The number of carbonyl (C=O) groups is 1. The second-order valence-electron chi connectivity index (χ2n) is 6.43. The molecule has 1 aromatic heterocycles. The van der Waals surface area contributed by atoms with Gasteiger partial charge in [0, 0.05) is 11.6 Å². The van der Waals surface area contributed by atoms with E-state index >= 15 is 0 Å². The lowest BCUT2D eigenvalue weighted by molar-refractivity contribution is -0.115. The van der Waals surface area contributed by atoms with Crippen LogP contribution in [0.3, 0.4) is 0 Å². The van der Waals surface area contributed by atoms with Crippen LogP contribution in [-0.2, 0) is 21.4 Å². The third kappa shape index (κ3) is 4.72. The molecule has 3 rings (SSSR count). The van der Waals surface area contributed by atoms with Crippen molar-refractivity contribution in [1.29, 1.82) is 0 Å². The number of nitrogens with two attached hydrogens (primary N) is 1. The second-order valence-corrected chi connectivity index (χ2v) is 9.73. The number of rotatable bonds is 7. The van der Waals surface area contributed by atoms with Crippen LogP contribution < -0.4 is 15.2 Å². The summed E-state index contributed by atoms with van der Waals surface area (Å²) in [7, 11) is -2.32. The van der Waals surface area contributed by atoms with Gasteiger partial charge in [0.15, 0.2) is 5.16 Å². The average Bonchev–Trinajstić information content (AvgIpc) is 3.03. The number of methoxy groups -OCH3 is 1. The quantitative estimate of drug-likeness (QED) is 0.513. The lowest BCUT2D eigenvalue weighted by atomic mass is 10.3. The molecule has 0 fully saturated rings. The van der Waals surface area contributed by atoms with Crippen LogP contribution in [0, 0.1) is 0 Å². The first-order valence-corrected chi connectivity index (χ1v) is 11.8. The largest absolute Gasteiger partial charge is 0.495 e. The number of anilines is 1. The van der Waals surface area contributed by atoms with E-state index in [0.717, 1.165) is 5.52 Å². The molecule has 0 aliphatic heterocycles. The van der Waals surface area contributed by atoms with Gasteiger partial charge >= 0.3 is 0 Å². The molecule has 160 valence electrons. The highest BCUT2D eigenvalue weighted by atomic mass is 35.5. The van der Waals surface area contributed by atoms with Gasteiger partial charge in [-0.2, -0.15) is 0 Å². The van der Waals surface area contributed by atoms with Gasteiger partial charge in [0.25, 0.3) is 0 Å². The van der Waals surface area contributed by atoms with Crippen molar-refractivity contribution in [1.82, 2.24) is 9.55 Å². The van der Waals surface area contributed by atoms with Crippen LogP contribution in [-0.4, -0.2) is 36.2 Å². The van der Waals surface area contributed by atoms with E-state index in [9.17, 15) is 13.2 Å². The summed E-state index contributed by atoms with van der Waals surface area (Å²) in [5.74, 6) is 0.252. The van der Waals surface area contributed by atoms with Gasteiger partial charge in [-0.05, 0) is 50.2 Å². The fourth-order valence-electron chi connectivity index (χ4n) is 2.88. The van der Waals surface area contributed by atoms with Crippen LogP contribution in [0.4, 0.5) is 5.69 Å². The number of primary sulfonamides is 1. The minimum Gasteiger partial charge on any atom is -0.495 e. The van der Waals surface area contributed by atoms with Gasteiger partial charge in [-0.15, -0.1) is 0 Å². The molecule has 0 aliphatic carbocycles. The number of imidazole rings is 1. The number of thioether (sulfide) groups is 1. The summed E-state index contributed by atoms with van der Waals surface area (Å²) in [6, 6.07) is 9.51. The number of halogens is 1. The van der Waals surface area contributed by atoms with Crippen LogP contribution in [0.25, 0.3) is 11.0 Å². The van der Waals surface area contributed by atoms with E-state index in [4.69, 9.17) is 21.5 Å². The molecule has 1 unspecified atom stereocenters. The molecular formula is C19H21ClN4O4S2. The number of aryl methyl sites for hydroxylation is 1. The number of fused-ring (bicyclic) bond motifs is 1. The van der Waals surface area contributed by atoms with Crippen LogP contribution in [0.5, 0.6) is 5.75 Å². The summed E-state index contributed by atoms with van der Waals surface area (Å²) in [5.41, 5.74) is 1.73. The number of carbonyl (C=O) groups excluding carboxylic acids is 1. The minimum absolute atomic E-state index is 0.00820. The van der Waals surface area contributed by atoms with Crippen LogP contribution >= 0.6 is 23.4 Å². The number of hydrogen-bond donors (Lipinski definition) is 2. The molecule has 1 heterocycles. The van der Waals surface area contributed by atoms with Crippen molar-refractivity contribution in [3.05, 3.63) is 41.4 Å². The van der Waals surface area contributed by atoms with E-state index in [1.165, 1.54) is 31.0 Å². The first kappa shape index (κ1) is 22.4. The number of ether oxygens (including phenoxy) is 1. The first-order chi connectivity index (χ1) is 14.1. The van der Waals surface area contributed by atoms with Crippen molar-refractivity contribution in [3.8, 4) is 5.75 Å². The summed E-state index contributed by atoms with van der Waals surface area (Å²) in [5, 5.41) is 8.62. The Morgan fingerprint density at radius 1 is 1.33 bits per heavy atom. The smallest absolute Gasteiger partial charge is 0.238 e. The minimum atomic E-state index is -3.83. The van der Waals surface area contributed by atoms with Gasteiger partial charge in [-0.1, -0.05) is 23.4 Å². The Bertz CT molecular complexity index is 1210. The molecule has 11 heteroatoms. The molecule has 0 aliphatic rings. The van der Waals surface area contributed by atoms with Gasteiger partial charge in [-0.3, -0.25) is 4.79 Å². The van der Waals surface area contributed by atoms with Gasteiger partial charge in [0.2, 0.25) is 15.9 Å². The van der Waals surface area contributed by atoms with E-state index in [1.54, 1.807) is 31.2 Å². The summed E-state index contributed by atoms with van der Waals surface area (Å²) in [6.07, 6.45) is 0. The van der Waals surface area contributed by atoms with E-state index in [0.29, 0.717) is 33.7 Å². The summed E-state index contributed by atoms with van der Waals surface area (Å²) in [4.78, 5) is 17.2. The predicted octanol–water partition coefficient (Wildman–Crippen LogP) is 3.48. The Balaban J connectivity index is 1.86. The Morgan fingerprint density at radius 2 is 2.07 bits per heavy atom. The maximum absolute atomic E-state index is 12.7.